The third kappa shape index (κ3) is 3.81. The van der Waals surface area contributed by atoms with E-state index >= 15 is 0 Å². The van der Waals surface area contributed by atoms with Crippen LogP contribution in [0.15, 0.2) is 12.1 Å². The van der Waals surface area contributed by atoms with E-state index in [0.717, 1.165) is 0 Å². The topological polar surface area (TPSA) is 75.7 Å². The van der Waals surface area contributed by atoms with E-state index in [1.807, 2.05) is 0 Å². The number of amides is 2. The van der Waals surface area contributed by atoms with Crippen molar-refractivity contribution in [3.8, 4) is 0 Å². The molecule has 1 fully saturated rings. The molecule has 0 saturated carbocycles. The molecule has 0 bridgehead atoms. The average Bonchev–Trinajstić information content (AvgIpc) is 2.93. The molecule has 6 nitrogen and oxygen atoms in total. The minimum absolute atomic E-state index is 0.0556. The highest BCUT2D eigenvalue weighted by molar-refractivity contribution is 7.18. The molecule has 0 aromatic carbocycles. The molecule has 7 heteroatoms. The van der Waals surface area contributed by atoms with E-state index in [-0.39, 0.29) is 23.7 Å². The van der Waals surface area contributed by atoms with Gasteiger partial charge >= 0.3 is 5.97 Å². The highest BCUT2D eigenvalue weighted by Crippen LogP contribution is 2.25. The van der Waals surface area contributed by atoms with Crippen LogP contribution in [-0.4, -0.2) is 42.9 Å². The zero-order valence-corrected chi connectivity index (χ0v) is 12.9. The van der Waals surface area contributed by atoms with Gasteiger partial charge in [0.25, 0.3) is 5.91 Å². The Bertz CT molecular complexity index is 547. The van der Waals surface area contributed by atoms with Gasteiger partial charge in [-0.1, -0.05) is 0 Å². The number of anilines is 1. The minimum Gasteiger partial charge on any atom is -0.469 e. The van der Waals surface area contributed by atoms with Gasteiger partial charge in [0, 0.05) is 20.0 Å². The Kier molecular flexibility index (Phi) is 4.95. The Morgan fingerprint density at radius 2 is 1.95 bits per heavy atom. The Morgan fingerprint density at radius 3 is 2.52 bits per heavy atom. The summed E-state index contributed by atoms with van der Waals surface area (Å²) in [4.78, 5) is 37.1. The monoisotopic (exact) mass is 310 g/mol. The standard InChI is InChI=1S/C14H18N2O4S/c1-9(17)15-12-4-3-11(21-12)13(18)16-7-5-10(6-8-16)14(19)20-2/h3-4,10H,5-8H2,1-2H3,(H,15,17). The van der Waals surface area contributed by atoms with Crippen molar-refractivity contribution < 1.29 is 19.1 Å². The normalized spacial score (nSPS) is 15.6. The highest BCUT2D eigenvalue weighted by Gasteiger charge is 2.28. The van der Waals surface area contributed by atoms with Gasteiger partial charge in [-0.2, -0.15) is 0 Å². The van der Waals surface area contributed by atoms with Crippen LogP contribution in [0.2, 0.25) is 0 Å². The number of hydrogen-bond donors (Lipinski definition) is 1. The van der Waals surface area contributed by atoms with Crippen LogP contribution in [0.1, 0.15) is 29.4 Å². The number of methoxy groups -OCH3 is 1. The second kappa shape index (κ2) is 6.71. The van der Waals surface area contributed by atoms with Crippen LogP contribution in [0.5, 0.6) is 0 Å². The van der Waals surface area contributed by atoms with Crippen molar-refractivity contribution in [2.75, 3.05) is 25.5 Å². The van der Waals surface area contributed by atoms with E-state index in [4.69, 9.17) is 4.74 Å². The molecule has 2 rings (SSSR count). The summed E-state index contributed by atoms with van der Waals surface area (Å²) in [7, 11) is 1.38. The second-order valence-corrected chi connectivity index (χ2v) is 6.02. The number of rotatable bonds is 3. The van der Waals surface area contributed by atoms with E-state index in [2.05, 4.69) is 5.32 Å². The quantitative estimate of drug-likeness (QED) is 0.863. The zero-order valence-electron chi connectivity index (χ0n) is 12.0. The van der Waals surface area contributed by atoms with Gasteiger partial charge in [-0.15, -0.1) is 11.3 Å². The molecule has 1 N–H and O–H groups in total. The smallest absolute Gasteiger partial charge is 0.308 e. The summed E-state index contributed by atoms with van der Waals surface area (Å²) in [6.45, 7) is 2.52. The number of thiophene rings is 1. The Morgan fingerprint density at radius 1 is 1.29 bits per heavy atom. The number of nitrogens with one attached hydrogen (secondary N) is 1. The van der Waals surface area contributed by atoms with Crippen LogP contribution in [-0.2, 0) is 14.3 Å². The number of piperidine rings is 1. The minimum atomic E-state index is -0.203. The summed E-state index contributed by atoms with van der Waals surface area (Å²) in [6.07, 6.45) is 1.25. The van der Waals surface area contributed by atoms with Crippen molar-refractivity contribution in [3.63, 3.8) is 0 Å². The van der Waals surface area contributed by atoms with Gasteiger partial charge in [0.15, 0.2) is 0 Å². The fourth-order valence-corrected chi connectivity index (χ4v) is 3.25. The Labute approximate surface area is 127 Å². The van der Waals surface area contributed by atoms with Crippen molar-refractivity contribution >= 4 is 34.1 Å². The molecule has 2 amide bonds. The molecule has 21 heavy (non-hydrogen) atoms. The first-order valence-corrected chi connectivity index (χ1v) is 7.57. The van der Waals surface area contributed by atoms with Crippen LogP contribution in [0.3, 0.4) is 0 Å². The van der Waals surface area contributed by atoms with Crippen molar-refractivity contribution in [1.82, 2.24) is 4.90 Å². The SMILES string of the molecule is COC(=O)C1CCN(C(=O)c2ccc(NC(C)=O)s2)CC1. The molecule has 1 aliphatic rings. The first-order valence-electron chi connectivity index (χ1n) is 6.75. The summed E-state index contributed by atoms with van der Waals surface area (Å²) in [5.41, 5.74) is 0. The third-order valence-corrected chi connectivity index (χ3v) is 4.42. The molecule has 1 aromatic heterocycles. The van der Waals surface area contributed by atoms with Crippen LogP contribution >= 0.6 is 11.3 Å². The van der Waals surface area contributed by atoms with E-state index in [1.54, 1.807) is 17.0 Å². The average molecular weight is 310 g/mol. The molecule has 1 saturated heterocycles. The number of carbonyl (C=O) groups excluding carboxylic acids is 3. The molecule has 0 aliphatic carbocycles. The lowest BCUT2D eigenvalue weighted by atomic mass is 9.97. The lowest BCUT2D eigenvalue weighted by Crippen LogP contribution is -2.40. The van der Waals surface area contributed by atoms with Gasteiger partial charge < -0.3 is 15.0 Å². The lowest BCUT2D eigenvalue weighted by molar-refractivity contribution is -0.146. The number of hydrogen-bond acceptors (Lipinski definition) is 5. The Hall–Kier alpha value is -1.89. The van der Waals surface area contributed by atoms with Crippen LogP contribution in [0.4, 0.5) is 5.00 Å². The largest absolute Gasteiger partial charge is 0.469 e. The maximum atomic E-state index is 12.4. The van der Waals surface area contributed by atoms with Crippen LogP contribution in [0.25, 0.3) is 0 Å². The van der Waals surface area contributed by atoms with Gasteiger partial charge in [0.2, 0.25) is 5.91 Å². The molecular formula is C14H18N2O4S. The molecule has 114 valence electrons. The van der Waals surface area contributed by atoms with Crippen molar-refractivity contribution in [2.24, 2.45) is 5.92 Å². The third-order valence-electron chi connectivity index (χ3n) is 3.43. The molecule has 1 aliphatic heterocycles. The van der Waals surface area contributed by atoms with Gasteiger partial charge in [0.05, 0.1) is 22.9 Å². The summed E-state index contributed by atoms with van der Waals surface area (Å²) in [5, 5.41) is 3.32. The Balaban J connectivity index is 1.94. The first-order chi connectivity index (χ1) is 10.0. The summed E-state index contributed by atoms with van der Waals surface area (Å²) < 4.78 is 4.73. The van der Waals surface area contributed by atoms with Gasteiger partial charge in [0.1, 0.15) is 0 Å². The molecule has 2 heterocycles. The molecule has 1 aromatic rings. The fourth-order valence-electron chi connectivity index (χ4n) is 2.33. The summed E-state index contributed by atoms with van der Waals surface area (Å²) in [6, 6.07) is 3.44. The van der Waals surface area contributed by atoms with E-state index < -0.39 is 0 Å². The number of nitrogens with zero attached hydrogens (tertiary/aromatic N) is 1. The zero-order chi connectivity index (χ0) is 15.4. The van der Waals surface area contributed by atoms with Gasteiger partial charge in [-0.3, -0.25) is 14.4 Å². The molecule has 0 atom stereocenters. The number of esters is 1. The predicted octanol–water partition coefficient (Wildman–Crippen LogP) is 1.73. The van der Waals surface area contributed by atoms with Gasteiger partial charge in [-0.05, 0) is 25.0 Å². The fraction of sp³-hybridized carbons (Fsp3) is 0.500. The summed E-state index contributed by atoms with van der Waals surface area (Å²) >= 11 is 1.26. The van der Waals surface area contributed by atoms with Crippen LogP contribution < -0.4 is 5.32 Å². The maximum Gasteiger partial charge on any atom is 0.308 e. The van der Waals surface area contributed by atoms with E-state index in [0.29, 0.717) is 35.8 Å². The van der Waals surface area contributed by atoms with Gasteiger partial charge in [-0.25, -0.2) is 0 Å². The molecular weight excluding hydrogens is 292 g/mol. The molecule has 0 spiro atoms. The van der Waals surface area contributed by atoms with Crippen molar-refractivity contribution in [2.45, 2.75) is 19.8 Å². The van der Waals surface area contributed by atoms with Crippen LogP contribution in [0, 0.1) is 5.92 Å². The molecule has 0 radical (unpaired) electrons. The highest BCUT2D eigenvalue weighted by atomic mass is 32.1. The van der Waals surface area contributed by atoms with E-state index in [9.17, 15) is 14.4 Å². The number of likely N-dealkylation sites (tertiary alicyclic amines) is 1. The van der Waals surface area contributed by atoms with Crippen molar-refractivity contribution in [3.05, 3.63) is 17.0 Å². The maximum absolute atomic E-state index is 12.4. The number of carbonyl (C=O) groups is 3. The lowest BCUT2D eigenvalue weighted by Gasteiger charge is -2.30. The summed E-state index contributed by atoms with van der Waals surface area (Å²) in [5.74, 6) is -0.529. The second-order valence-electron chi connectivity index (χ2n) is 4.93. The molecule has 0 unspecified atom stereocenters. The first kappa shape index (κ1) is 15.5. The van der Waals surface area contributed by atoms with E-state index in [1.165, 1.54) is 25.4 Å². The predicted molar refractivity (Wildman–Crippen MR) is 79.3 cm³/mol. The van der Waals surface area contributed by atoms with Crippen molar-refractivity contribution in [1.29, 1.82) is 0 Å². The number of ether oxygens (including phenoxy) is 1.